The van der Waals surface area contributed by atoms with E-state index in [-0.39, 0.29) is 6.54 Å². The molecular formula is C10H17F3N2O4. The largest absolute Gasteiger partial charge is 0.481 e. The fraction of sp³-hybridized carbons (Fsp3) is 0.800. The Hall–Kier alpha value is -1.51. The Kier molecular flexibility index (Phi) is 6.60. The van der Waals surface area contributed by atoms with Crippen LogP contribution in [-0.2, 0) is 4.79 Å². The molecule has 0 aliphatic rings. The number of aliphatic hydroxyl groups is 1. The molecule has 0 saturated carbocycles. The molecule has 0 aromatic heterocycles. The third-order valence-electron chi connectivity index (χ3n) is 2.31. The second kappa shape index (κ2) is 7.17. The number of urea groups is 1. The standard InChI is InChI=1S/C10H17F3N2O4/c1-7(8(17)18)5-14(2)9(19)15(3-4-16)6-10(11,12)13/h7,16H,3-6H2,1-2H3,(H,17,18). The molecule has 9 heteroatoms. The number of hydrogen-bond donors (Lipinski definition) is 2. The van der Waals surface area contributed by atoms with E-state index in [0.29, 0.717) is 4.90 Å². The van der Waals surface area contributed by atoms with Crippen LogP contribution in [0.5, 0.6) is 0 Å². The number of carbonyl (C=O) groups excluding carboxylic acids is 1. The van der Waals surface area contributed by atoms with Crippen LogP contribution in [0.4, 0.5) is 18.0 Å². The molecule has 0 aliphatic carbocycles. The first kappa shape index (κ1) is 17.5. The molecule has 1 atom stereocenters. The first-order valence-electron chi connectivity index (χ1n) is 5.49. The highest BCUT2D eigenvalue weighted by atomic mass is 19.4. The summed E-state index contributed by atoms with van der Waals surface area (Å²) in [5.74, 6) is -2.04. The van der Waals surface area contributed by atoms with Gasteiger partial charge in [0.2, 0.25) is 0 Å². The van der Waals surface area contributed by atoms with Gasteiger partial charge in [0.25, 0.3) is 0 Å². The number of aliphatic carboxylic acids is 1. The Bertz CT molecular complexity index is 322. The van der Waals surface area contributed by atoms with E-state index in [1.807, 2.05) is 0 Å². The zero-order chi connectivity index (χ0) is 15.2. The topological polar surface area (TPSA) is 81.1 Å². The van der Waals surface area contributed by atoms with Gasteiger partial charge in [-0.05, 0) is 0 Å². The van der Waals surface area contributed by atoms with Gasteiger partial charge in [0.15, 0.2) is 0 Å². The van der Waals surface area contributed by atoms with Crippen LogP contribution in [0, 0.1) is 5.92 Å². The lowest BCUT2D eigenvalue weighted by Gasteiger charge is -2.29. The quantitative estimate of drug-likeness (QED) is 0.750. The van der Waals surface area contributed by atoms with Crippen molar-refractivity contribution in [3.8, 4) is 0 Å². The lowest BCUT2D eigenvalue weighted by Crippen LogP contribution is -2.48. The number of aliphatic hydroxyl groups excluding tert-OH is 1. The summed E-state index contributed by atoms with van der Waals surface area (Å²) in [6.07, 6.45) is -4.58. The Morgan fingerprint density at radius 3 is 2.21 bits per heavy atom. The molecule has 1 unspecified atom stereocenters. The summed E-state index contributed by atoms with van der Waals surface area (Å²) < 4.78 is 36.8. The molecule has 2 amide bonds. The molecular weight excluding hydrogens is 269 g/mol. The highest BCUT2D eigenvalue weighted by Crippen LogP contribution is 2.17. The fourth-order valence-corrected chi connectivity index (χ4v) is 1.39. The number of hydrogen-bond acceptors (Lipinski definition) is 3. The molecule has 0 heterocycles. The van der Waals surface area contributed by atoms with E-state index in [0.717, 1.165) is 4.90 Å². The molecule has 0 fully saturated rings. The number of amides is 2. The molecule has 2 N–H and O–H groups in total. The molecule has 0 bridgehead atoms. The van der Waals surface area contributed by atoms with E-state index < -0.39 is 43.8 Å². The van der Waals surface area contributed by atoms with Gasteiger partial charge in [-0.1, -0.05) is 6.92 Å². The second-order valence-electron chi connectivity index (χ2n) is 4.16. The predicted molar refractivity (Wildman–Crippen MR) is 59.5 cm³/mol. The lowest BCUT2D eigenvalue weighted by atomic mass is 10.2. The molecule has 0 aliphatic heterocycles. The molecule has 0 aromatic carbocycles. The first-order valence-corrected chi connectivity index (χ1v) is 5.49. The average molecular weight is 286 g/mol. The van der Waals surface area contributed by atoms with E-state index in [9.17, 15) is 22.8 Å². The number of nitrogens with zero attached hydrogens (tertiary/aromatic N) is 2. The van der Waals surface area contributed by atoms with Crippen molar-refractivity contribution in [2.75, 3.05) is 33.3 Å². The molecule has 0 radical (unpaired) electrons. The Morgan fingerprint density at radius 2 is 1.84 bits per heavy atom. The summed E-state index contributed by atoms with van der Waals surface area (Å²) in [5.41, 5.74) is 0. The number of carbonyl (C=O) groups is 2. The van der Waals surface area contributed by atoms with E-state index in [1.165, 1.54) is 14.0 Å². The van der Waals surface area contributed by atoms with Gasteiger partial charge in [-0.2, -0.15) is 13.2 Å². The van der Waals surface area contributed by atoms with Crippen LogP contribution in [0.25, 0.3) is 0 Å². The molecule has 0 saturated heterocycles. The molecule has 19 heavy (non-hydrogen) atoms. The van der Waals surface area contributed by atoms with Crippen LogP contribution in [0.1, 0.15) is 6.92 Å². The minimum atomic E-state index is -4.58. The van der Waals surface area contributed by atoms with E-state index >= 15 is 0 Å². The second-order valence-corrected chi connectivity index (χ2v) is 4.16. The molecule has 0 rings (SSSR count). The number of carboxylic acid groups (broad SMARTS) is 1. The minimum absolute atomic E-state index is 0.214. The van der Waals surface area contributed by atoms with Gasteiger partial charge >= 0.3 is 18.2 Å². The maximum atomic E-state index is 12.3. The van der Waals surface area contributed by atoms with Crippen molar-refractivity contribution < 1.29 is 33.0 Å². The third kappa shape index (κ3) is 6.85. The summed E-state index contributed by atoms with van der Waals surface area (Å²) in [6.45, 7) is -1.44. The number of alkyl halides is 3. The van der Waals surface area contributed by atoms with Crippen molar-refractivity contribution in [3.05, 3.63) is 0 Å². The summed E-state index contributed by atoms with van der Waals surface area (Å²) in [4.78, 5) is 23.6. The minimum Gasteiger partial charge on any atom is -0.481 e. The van der Waals surface area contributed by atoms with Crippen molar-refractivity contribution in [2.45, 2.75) is 13.1 Å². The number of halogens is 3. The number of rotatable bonds is 6. The van der Waals surface area contributed by atoms with E-state index in [4.69, 9.17) is 10.2 Å². The summed E-state index contributed by atoms with van der Waals surface area (Å²) in [5, 5.41) is 17.3. The van der Waals surface area contributed by atoms with Gasteiger partial charge in [-0.25, -0.2) is 4.79 Å². The van der Waals surface area contributed by atoms with Gasteiger partial charge in [0, 0.05) is 20.1 Å². The maximum absolute atomic E-state index is 12.3. The molecule has 112 valence electrons. The van der Waals surface area contributed by atoms with Crippen molar-refractivity contribution in [1.29, 1.82) is 0 Å². The zero-order valence-electron chi connectivity index (χ0n) is 10.6. The van der Waals surface area contributed by atoms with Crippen molar-refractivity contribution >= 4 is 12.0 Å². The van der Waals surface area contributed by atoms with Crippen LogP contribution in [0.2, 0.25) is 0 Å². The smallest absolute Gasteiger partial charge is 0.406 e. The zero-order valence-corrected chi connectivity index (χ0v) is 10.6. The summed E-state index contributed by atoms with van der Waals surface area (Å²) in [7, 11) is 1.21. The third-order valence-corrected chi connectivity index (χ3v) is 2.31. The SMILES string of the molecule is CC(CN(C)C(=O)N(CCO)CC(F)(F)F)C(=O)O. The van der Waals surface area contributed by atoms with Gasteiger partial charge in [0.05, 0.1) is 12.5 Å². The Morgan fingerprint density at radius 1 is 1.32 bits per heavy atom. The van der Waals surface area contributed by atoms with Crippen LogP contribution in [0.15, 0.2) is 0 Å². The van der Waals surface area contributed by atoms with Crippen LogP contribution in [-0.4, -0.2) is 71.5 Å². The van der Waals surface area contributed by atoms with E-state index in [2.05, 4.69) is 0 Å². The first-order chi connectivity index (χ1) is 8.58. The van der Waals surface area contributed by atoms with Crippen molar-refractivity contribution in [3.63, 3.8) is 0 Å². The summed E-state index contributed by atoms with van der Waals surface area (Å²) in [6, 6.07) is -0.973. The predicted octanol–water partition coefficient (Wildman–Crippen LogP) is 0.616. The van der Waals surface area contributed by atoms with Crippen LogP contribution >= 0.6 is 0 Å². The normalized spacial score (nSPS) is 12.9. The number of carboxylic acids is 1. The summed E-state index contributed by atoms with van der Waals surface area (Å²) >= 11 is 0. The van der Waals surface area contributed by atoms with Crippen LogP contribution in [0.3, 0.4) is 0 Å². The highest BCUT2D eigenvalue weighted by Gasteiger charge is 2.34. The van der Waals surface area contributed by atoms with Crippen molar-refractivity contribution in [2.24, 2.45) is 5.92 Å². The maximum Gasteiger partial charge on any atom is 0.406 e. The monoisotopic (exact) mass is 286 g/mol. The Balaban J connectivity index is 4.66. The van der Waals surface area contributed by atoms with Crippen LogP contribution < -0.4 is 0 Å². The fourth-order valence-electron chi connectivity index (χ4n) is 1.39. The molecule has 6 nitrogen and oxygen atoms in total. The molecule has 0 aromatic rings. The molecule has 0 spiro atoms. The van der Waals surface area contributed by atoms with E-state index in [1.54, 1.807) is 0 Å². The Labute approximate surface area is 108 Å². The van der Waals surface area contributed by atoms with Gasteiger partial charge in [-0.15, -0.1) is 0 Å². The van der Waals surface area contributed by atoms with Gasteiger partial charge in [0.1, 0.15) is 6.54 Å². The van der Waals surface area contributed by atoms with Gasteiger partial charge in [-0.3, -0.25) is 4.79 Å². The van der Waals surface area contributed by atoms with Gasteiger partial charge < -0.3 is 20.0 Å². The highest BCUT2D eigenvalue weighted by molar-refractivity contribution is 5.76. The van der Waals surface area contributed by atoms with Crippen molar-refractivity contribution in [1.82, 2.24) is 9.80 Å². The average Bonchev–Trinajstić information content (AvgIpc) is 2.25. The lowest BCUT2D eigenvalue weighted by molar-refractivity contribution is -0.144.